The molecular weight excluding hydrogens is 654 g/mol. The van der Waals surface area contributed by atoms with Crippen LogP contribution in [0.15, 0.2) is 121 Å². The third-order valence-corrected chi connectivity index (χ3v) is 9.18. The van der Waals surface area contributed by atoms with Crippen molar-refractivity contribution < 1.29 is 35.8 Å². The van der Waals surface area contributed by atoms with Gasteiger partial charge in [0.1, 0.15) is 11.5 Å². The van der Waals surface area contributed by atoms with Crippen molar-refractivity contribution in [2.24, 2.45) is 0 Å². The molecule has 6 aromatic carbocycles. The van der Waals surface area contributed by atoms with Gasteiger partial charge >= 0.3 is 12.4 Å². The van der Waals surface area contributed by atoms with E-state index < -0.39 is 34.6 Å². The molecule has 0 bridgehead atoms. The first-order valence-corrected chi connectivity index (χ1v) is 15.6. The number of hydrogen-bond acceptors (Lipinski definition) is 2. The molecule has 0 aliphatic carbocycles. The molecule has 8 rings (SSSR count). The highest BCUT2D eigenvalue weighted by atomic mass is 19.4. The molecule has 8 aromatic rings. The number of halogens is 6. The van der Waals surface area contributed by atoms with E-state index in [1.165, 1.54) is 38.5 Å². The maximum atomic E-state index is 14.8. The largest absolute Gasteiger partial charge is 0.497 e. The smallest absolute Gasteiger partial charge is 0.417 e. The molecule has 2 aromatic heterocycles. The summed E-state index contributed by atoms with van der Waals surface area (Å²) in [4.78, 5) is 0. The van der Waals surface area contributed by atoms with E-state index in [4.69, 9.17) is 9.47 Å². The van der Waals surface area contributed by atoms with Crippen LogP contribution in [0.5, 0.6) is 11.5 Å². The average molecular weight is 681 g/mol. The first-order chi connectivity index (χ1) is 24.0. The Morgan fingerprint density at radius 3 is 1.18 bits per heavy atom. The second-order valence-electron chi connectivity index (χ2n) is 11.9. The molecule has 10 heteroatoms. The highest BCUT2D eigenvalue weighted by Crippen LogP contribution is 2.46. The Hall–Kier alpha value is -5.90. The molecule has 0 aliphatic heterocycles. The van der Waals surface area contributed by atoms with Gasteiger partial charge in [0.15, 0.2) is 0 Å². The molecule has 50 heavy (non-hydrogen) atoms. The van der Waals surface area contributed by atoms with Crippen LogP contribution in [0, 0.1) is 0 Å². The Morgan fingerprint density at radius 1 is 0.420 bits per heavy atom. The van der Waals surface area contributed by atoms with Crippen LogP contribution >= 0.6 is 0 Å². The first-order valence-electron chi connectivity index (χ1n) is 15.6. The number of para-hydroxylation sites is 2. The Morgan fingerprint density at radius 2 is 0.800 bits per heavy atom. The van der Waals surface area contributed by atoms with E-state index in [0.717, 1.165) is 33.7 Å². The topological polar surface area (TPSA) is 28.3 Å². The SMILES string of the molecule is COc1ccc2c(c1)c1ccccc1n2-c1ccc(C(F)(F)F)c(-c2cc(-n3c4ccccc4c4cc(OC)ccc43)ccc2C(F)(F)F)c1. The van der Waals surface area contributed by atoms with E-state index >= 15 is 0 Å². The number of ether oxygens (including phenoxy) is 2. The molecule has 0 aliphatic rings. The van der Waals surface area contributed by atoms with Crippen molar-refractivity contribution in [3.63, 3.8) is 0 Å². The first kappa shape index (κ1) is 31.4. The maximum Gasteiger partial charge on any atom is 0.417 e. The lowest BCUT2D eigenvalue weighted by Gasteiger charge is -2.21. The Balaban J connectivity index is 1.44. The lowest BCUT2D eigenvalue weighted by Crippen LogP contribution is -2.12. The second kappa shape index (κ2) is 11.3. The summed E-state index contributed by atoms with van der Waals surface area (Å²) in [5, 5.41) is 3.18. The third-order valence-electron chi connectivity index (χ3n) is 9.18. The van der Waals surface area contributed by atoms with E-state index in [9.17, 15) is 26.3 Å². The van der Waals surface area contributed by atoms with Gasteiger partial charge in [0.25, 0.3) is 0 Å². The lowest BCUT2D eigenvalue weighted by molar-refractivity contribution is -0.139. The zero-order chi connectivity index (χ0) is 34.9. The second-order valence-corrected chi connectivity index (χ2v) is 11.9. The summed E-state index contributed by atoms with van der Waals surface area (Å²) in [5.74, 6) is 1.17. The van der Waals surface area contributed by atoms with Crippen molar-refractivity contribution >= 4 is 43.6 Å². The average Bonchev–Trinajstić information content (AvgIpc) is 3.62. The molecule has 0 radical (unpaired) electrons. The molecule has 0 amide bonds. The fourth-order valence-corrected chi connectivity index (χ4v) is 7.00. The lowest BCUT2D eigenvalue weighted by atomic mass is 9.93. The minimum Gasteiger partial charge on any atom is -0.497 e. The molecule has 2 heterocycles. The summed E-state index contributed by atoms with van der Waals surface area (Å²) in [6, 6.07) is 32.0. The molecule has 0 N–H and O–H groups in total. The molecular formula is C40H26F6N2O2. The number of aromatic nitrogens is 2. The van der Waals surface area contributed by atoms with E-state index in [2.05, 4.69) is 0 Å². The van der Waals surface area contributed by atoms with Crippen LogP contribution in [-0.4, -0.2) is 23.4 Å². The standard InChI is InChI=1S/C40H26F6N2O2/c1-49-25-13-17-37-31(21-25)27-7-3-5-9-35(27)47(37)23-11-15-33(39(41,42)43)29(19-23)30-20-24(12-16-34(30)40(44,45)46)48-36-10-6-4-8-28(36)32-22-26(50-2)14-18-38(32)48/h3-22H,1-2H3. The van der Waals surface area contributed by atoms with Gasteiger partial charge in [0, 0.05) is 32.9 Å². The van der Waals surface area contributed by atoms with Gasteiger partial charge in [-0.1, -0.05) is 36.4 Å². The van der Waals surface area contributed by atoms with E-state index in [1.54, 1.807) is 45.5 Å². The molecule has 0 atom stereocenters. The highest BCUT2D eigenvalue weighted by Gasteiger charge is 2.39. The number of alkyl halides is 6. The van der Waals surface area contributed by atoms with Gasteiger partial charge in [-0.3, -0.25) is 0 Å². The van der Waals surface area contributed by atoms with E-state index in [0.29, 0.717) is 33.6 Å². The minimum absolute atomic E-state index is 0.270. The van der Waals surface area contributed by atoms with Crippen LogP contribution in [-0.2, 0) is 12.4 Å². The maximum absolute atomic E-state index is 14.8. The highest BCUT2D eigenvalue weighted by molar-refractivity contribution is 6.11. The predicted octanol–water partition coefficient (Wildman–Crippen LogP) is 11.6. The van der Waals surface area contributed by atoms with Gasteiger partial charge in [-0.05, 0) is 96.1 Å². The van der Waals surface area contributed by atoms with Gasteiger partial charge < -0.3 is 18.6 Å². The normalized spacial score (nSPS) is 12.4. The molecule has 0 fully saturated rings. The van der Waals surface area contributed by atoms with Crippen molar-refractivity contribution in [3.05, 3.63) is 132 Å². The summed E-state index contributed by atoms with van der Waals surface area (Å²) in [5.41, 5.74) is -0.349. The summed E-state index contributed by atoms with van der Waals surface area (Å²) < 4.78 is 103. The van der Waals surface area contributed by atoms with Gasteiger partial charge in [0.05, 0.1) is 47.4 Å². The summed E-state index contributed by atoms with van der Waals surface area (Å²) in [6.07, 6.45) is -9.91. The van der Waals surface area contributed by atoms with Crippen molar-refractivity contribution in [2.75, 3.05) is 14.2 Å². The molecule has 4 nitrogen and oxygen atoms in total. The number of benzene rings is 6. The summed E-state index contributed by atoms with van der Waals surface area (Å²) in [6.45, 7) is 0. The number of hydrogen-bond donors (Lipinski definition) is 0. The zero-order valence-electron chi connectivity index (χ0n) is 26.5. The molecule has 0 saturated carbocycles. The Labute approximate surface area is 281 Å². The Kier molecular flexibility index (Phi) is 7.11. The monoisotopic (exact) mass is 680 g/mol. The van der Waals surface area contributed by atoms with Gasteiger partial charge in [-0.25, -0.2) is 0 Å². The van der Waals surface area contributed by atoms with E-state index in [1.807, 2.05) is 48.5 Å². The number of rotatable bonds is 5. The third kappa shape index (κ3) is 4.93. The predicted molar refractivity (Wildman–Crippen MR) is 184 cm³/mol. The fourth-order valence-electron chi connectivity index (χ4n) is 7.00. The van der Waals surface area contributed by atoms with Crippen LogP contribution < -0.4 is 9.47 Å². The van der Waals surface area contributed by atoms with Crippen LogP contribution in [0.25, 0.3) is 66.1 Å². The van der Waals surface area contributed by atoms with Gasteiger partial charge in [-0.15, -0.1) is 0 Å². The van der Waals surface area contributed by atoms with Gasteiger partial charge in [-0.2, -0.15) is 26.3 Å². The van der Waals surface area contributed by atoms with E-state index in [-0.39, 0.29) is 11.4 Å². The van der Waals surface area contributed by atoms with Crippen molar-refractivity contribution in [1.29, 1.82) is 0 Å². The van der Waals surface area contributed by atoms with Crippen molar-refractivity contribution in [2.45, 2.75) is 12.4 Å². The van der Waals surface area contributed by atoms with Crippen LogP contribution in [0.3, 0.4) is 0 Å². The summed E-state index contributed by atoms with van der Waals surface area (Å²) in [7, 11) is 3.07. The zero-order valence-corrected chi connectivity index (χ0v) is 26.5. The van der Waals surface area contributed by atoms with Crippen LogP contribution in [0.2, 0.25) is 0 Å². The summed E-state index contributed by atoms with van der Waals surface area (Å²) >= 11 is 0. The molecule has 0 saturated heterocycles. The molecule has 250 valence electrons. The van der Waals surface area contributed by atoms with Gasteiger partial charge in [0.2, 0.25) is 0 Å². The number of nitrogens with zero attached hydrogens (tertiary/aromatic N) is 2. The quantitative estimate of drug-likeness (QED) is 0.169. The van der Waals surface area contributed by atoms with Crippen LogP contribution in [0.1, 0.15) is 11.1 Å². The van der Waals surface area contributed by atoms with Crippen molar-refractivity contribution in [3.8, 4) is 34.0 Å². The number of fused-ring (bicyclic) bond motifs is 6. The minimum atomic E-state index is -4.95. The number of methoxy groups -OCH3 is 2. The fraction of sp³-hybridized carbons (Fsp3) is 0.100. The molecule has 0 unspecified atom stereocenters. The molecule has 0 spiro atoms. The van der Waals surface area contributed by atoms with Crippen molar-refractivity contribution in [1.82, 2.24) is 9.13 Å². The Bertz CT molecular complexity index is 2430. The van der Waals surface area contributed by atoms with Crippen LogP contribution in [0.4, 0.5) is 26.3 Å².